The number of hydrogen-bond donors (Lipinski definition) is 2. The lowest BCUT2D eigenvalue weighted by Crippen LogP contribution is -2.29. The lowest BCUT2D eigenvalue weighted by atomic mass is 9.98. The van der Waals surface area contributed by atoms with Crippen LogP contribution < -0.4 is 10.6 Å². The first-order valence-corrected chi connectivity index (χ1v) is 7.26. The second-order valence-electron chi connectivity index (χ2n) is 5.49. The minimum Gasteiger partial charge on any atom is -0.334 e. The minimum atomic E-state index is -0.171. The van der Waals surface area contributed by atoms with Crippen LogP contribution in [0, 0.1) is 6.92 Å². The summed E-state index contributed by atoms with van der Waals surface area (Å²) in [6.45, 7) is 6.79. The number of amides is 2. The van der Waals surface area contributed by atoms with E-state index in [4.69, 9.17) is 0 Å². The molecule has 2 aromatic carbocycles. The molecular formula is C18H22N2O. The van der Waals surface area contributed by atoms with Crippen molar-refractivity contribution in [2.45, 2.75) is 33.2 Å². The molecule has 21 heavy (non-hydrogen) atoms. The summed E-state index contributed by atoms with van der Waals surface area (Å²) in [5.41, 5.74) is 4.24. The fraction of sp³-hybridized carbons (Fsp3) is 0.278. The molecule has 0 aliphatic heterocycles. The molecule has 2 N–H and O–H groups in total. The van der Waals surface area contributed by atoms with Crippen molar-refractivity contribution >= 4 is 11.7 Å². The van der Waals surface area contributed by atoms with Crippen molar-refractivity contribution in [2.24, 2.45) is 0 Å². The van der Waals surface area contributed by atoms with Crippen molar-refractivity contribution in [2.75, 3.05) is 5.32 Å². The molecule has 0 heterocycles. The van der Waals surface area contributed by atoms with Crippen molar-refractivity contribution in [3.8, 4) is 0 Å². The van der Waals surface area contributed by atoms with E-state index in [0.29, 0.717) is 12.5 Å². The number of anilines is 1. The molecule has 2 amide bonds. The Bertz CT molecular complexity index is 606. The van der Waals surface area contributed by atoms with Gasteiger partial charge >= 0.3 is 6.03 Å². The van der Waals surface area contributed by atoms with E-state index in [2.05, 4.69) is 30.5 Å². The lowest BCUT2D eigenvalue weighted by Gasteiger charge is -2.16. The quantitative estimate of drug-likeness (QED) is 0.855. The maximum Gasteiger partial charge on any atom is 0.319 e. The van der Waals surface area contributed by atoms with Crippen LogP contribution in [0.1, 0.15) is 36.5 Å². The zero-order valence-corrected chi connectivity index (χ0v) is 12.8. The Balaban J connectivity index is 2.03. The molecule has 0 aromatic heterocycles. The molecule has 0 spiro atoms. The predicted molar refractivity (Wildman–Crippen MR) is 87.6 cm³/mol. The molecule has 110 valence electrons. The maximum absolute atomic E-state index is 12.1. The number of benzene rings is 2. The van der Waals surface area contributed by atoms with Gasteiger partial charge in [-0.05, 0) is 29.5 Å². The molecular weight excluding hydrogens is 260 g/mol. The molecule has 3 nitrogen and oxygen atoms in total. The second kappa shape index (κ2) is 6.93. The molecule has 0 atom stereocenters. The van der Waals surface area contributed by atoms with Crippen molar-refractivity contribution in [3.63, 3.8) is 0 Å². The van der Waals surface area contributed by atoms with E-state index in [1.165, 1.54) is 0 Å². The molecule has 0 saturated heterocycles. The van der Waals surface area contributed by atoms with Crippen LogP contribution in [-0.4, -0.2) is 6.03 Å². The van der Waals surface area contributed by atoms with Gasteiger partial charge in [-0.3, -0.25) is 0 Å². The van der Waals surface area contributed by atoms with E-state index in [0.717, 1.165) is 22.4 Å². The monoisotopic (exact) mass is 282 g/mol. The van der Waals surface area contributed by atoms with Crippen LogP contribution in [0.2, 0.25) is 0 Å². The molecule has 0 aliphatic rings. The fourth-order valence-corrected chi connectivity index (χ4v) is 2.28. The van der Waals surface area contributed by atoms with E-state index in [1.54, 1.807) is 0 Å². The molecule has 0 unspecified atom stereocenters. The molecule has 0 saturated carbocycles. The van der Waals surface area contributed by atoms with Gasteiger partial charge in [-0.15, -0.1) is 0 Å². The number of urea groups is 1. The standard InChI is InChI=1S/C18H22N2O/c1-13(2)16-11-7-8-14(3)17(16)20-18(21)19-12-15-9-5-4-6-10-15/h4-11,13H,12H2,1-3H3,(H2,19,20,21). The first kappa shape index (κ1) is 15.1. The number of hydrogen-bond acceptors (Lipinski definition) is 1. The summed E-state index contributed by atoms with van der Waals surface area (Å²) in [6.07, 6.45) is 0. The van der Waals surface area contributed by atoms with Gasteiger partial charge in [0.15, 0.2) is 0 Å². The predicted octanol–water partition coefficient (Wildman–Crippen LogP) is 4.44. The third-order valence-corrected chi connectivity index (χ3v) is 3.46. The van der Waals surface area contributed by atoms with Crippen molar-refractivity contribution < 1.29 is 4.79 Å². The largest absolute Gasteiger partial charge is 0.334 e. The first-order valence-electron chi connectivity index (χ1n) is 7.26. The third-order valence-electron chi connectivity index (χ3n) is 3.46. The van der Waals surface area contributed by atoms with Gasteiger partial charge in [0.05, 0.1) is 0 Å². The Hall–Kier alpha value is -2.29. The van der Waals surface area contributed by atoms with Crippen LogP contribution >= 0.6 is 0 Å². The summed E-state index contributed by atoms with van der Waals surface area (Å²) < 4.78 is 0. The van der Waals surface area contributed by atoms with Gasteiger partial charge in [0.1, 0.15) is 0 Å². The van der Waals surface area contributed by atoms with Crippen LogP contribution in [0.25, 0.3) is 0 Å². The molecule has 0 bridgehead atoms. The zero-order chi connectivity index (χ0) is 15.2. The Labute approximate surface area is 126 Å². The molecule has 2 aromatic rings. The number of carbonyl (C=O) groups is 1. The highest BCUT2D eigenvalue weighted by atomic mass is 16.2. The highest BCUT2D eigenvalue weighted by Crippen LogP contribution is 2.27. The van der Waals surface area contributed by atoms with Crippen LogP contribution in [0.5, 0.6) is 0 Å². The summed E-state index contributed by atoms with van der Waals surface area (Å²) >= 11 is 0. The van der Waals surface area contributed by atoms with E-state index >= 15 is 0 Å². The number of rotatable bonds is 4. The van der Waals surface area contributed by atoms with Gasteiger partial charge in [-0.25, -0.2) is 4.79 Å². The SMILES string of the molecule is Cc1cccc(C(C)C)c1NC(=O)NCc1ccccc1. The smallest absolute Gasteiger partial charge is 0.319 e. The van der Waals surface area contributed by atoms with Gasteiger partial charge in [0, 0.05) is 12.2 Å². The number of carbonyl (C=O) groups excluding carboxylic acids is 1. The Morgan fingerprint density at radius 3 is 2.43 bits per heavy atom. The summed E-state index contributed by atoms with van der Waals surface area (Å²) in [6, 6.07) is 15.8. The summed E-state index contributed by atoms with van der Waals surface area (Å²) in [5.74, 6) is 0.370. The van der Waals surface area contributed by atoms with E-state index < -0.39 is 0 Å². The number of aryl methyl sites for hydroxylation is 1. The maximum atomic E-state index is 12.1. The normalized spacial score (nSPS) is 10.5. The Morgan fingerprint density at radius 1 is 1.05 bits per heavy atom. The lowest BCUT2D eigenvalue weighted by molar-refractivity contribution is 0.251. The second-order valence-corrected chi connectivity index (χ2v) is 5.49. The van der Waals surface area contributed by atoms with Gasteiger partial charge in [-0.1, -0.05) is 62.4 Å². The Morgan fingerprint density at radius 2 is 1.76 bits per heavy atom. The summed E-state index contributed by atoms with van der Waals surface area (Å²) in [7, 11) is 0. The van der Waals surface area contributed by atoms with E-state index in [-0.39, 0.29) is 6.03 Å². The van der Waals surface area contributed by atoms with Crippen molar-refractivity contribution in [3.05, 3.63) is 65.2 Å². The van der Waals surface area contributed by atoms with E-state index in [9.17, 15) is 4.79 Å². The first-order chi connectivity index (χ1) is 10.1. The highest BCUT2D eigenvalue weighted by Gasteiger charge is 2.11. The minimum absolute atomic E-state index is 0.171. The zero-order valence-electron chi connectivity index (χ0n) is 12.8. The molecule has 0 aliphatic carbocycles. The molecule has 0 radical (unpaired) electrons. The van der Waals surface area contributed by atoms with Gasteiger partial charge in [0.2, 0.25) is 0 Å². The number of nitrogens with one attached hydrogen (secondary N) is 2. The van der Waals surface area contributed by atoms with Crippen LogP contribution in [0.4, 0.5) is 10.5 Å². The van der Waals surface area contributed by atoms with Gasteiger partial charge < -0.3 is 10.6 Å². The molecule has 0 fully saturated rings. The Kier molecular flexibility index (Phi) is 4.99. The summed E-state index contributed by atoms with van der Waals surface area (Å²) in [4.78, 5) is 12.1. The van der Waals surface area contributed by atoms with Crippen molar-refractivity contribution in [1.29, 1.82) is 0 Å². The highest BCUT2D eigenvalue weighted by molar-refractivity contribution is 5.91. The average molecular weight is 282 g/mol. The summed E-state index contributed by atoms with van der Waals surface area (Å²) in [5, 5.41) is 5.87. The van der Waals surface area contributed by atoms with Crippen LogP contribution in [-0.2, 0) is 6.54 Å². The average Bonchev–Trinajstić information content (AvgIpc) is 2.48. The van der Waals surface area contributed by atoms with Crippen LogP contribution in [0.3, 0.4) is 0 Å². The van der Waals surface area contributed by atoms with Gasteiger partial charge in [0.25, 0.3) is 0 Å². The molecule has 3 heteroatoms. The topological polar surface area (TPSA) is 41.1 Å². The van der Waals surface area contributed by atoms with E-state index in [1.807, 2.05) is 49.4 Å². The number of para-hydroxylation sites is 1. The molecule has 2 rings (SSSR count). The van der Waals surface area contributed by atoms with Crippen molar-refractivity contribution in [1.82, 2.24) is 5.32 Å². The van der Waals surface area contributed by atoms with Gasteiger partial charge in [-0.2, -0.15) is 0 Å². The third kappa shape index (κ3) is 4.09. The fourth-order valence-electron chi connectivity index (χ4n) is 2.28. The van der Waals surface area contributed by atoms with Crippen LogP contribution in [0.15, 0.2) is 48.5 Å².